The molecule has 3 rings (SSSR count). The maximum Gasteiger partial charge on any atom is 0.315 e. The lowest BCUT2D eigenvalue weighted by atomic mass is 9.96. The molecule has 112 valence electrons. The van der Waals surface area contributed by atoms with Crippen molar-refractivity contribution < 1.29 is 9.53 Å². The van der Waals surface area contributed by atoms with Crippen molar-refractivity contribution in [2.24, 2.45) is 0 Å². The molecule has 0 aliphatic carbocycles. The number of fused-ring (bicyclic) bond motifs is 1. The fraction of sp³-hybridized carbons (Fsp3) is 0.250. The minimum Gasteiger partial charge on any atom is -0.465 e. The number of hydrogen-bond acceptors (Lipinski definition) is 5. The van der Waals surface area contributed by atoms with Crippen LogP contribution in [0.2, 0.25) is 0 Å². The van der Waals surface area contributed by atoms with Gasteiger partial charge in [0.15, 0.2) is 0 Å². The first-order valence-corrected chi connectivity index (χ1v) is 7.14. The van der Waals surface area contributed by atoms with Crippen molar-refractivity contribution in [3.8, 4) is 0 Å². The largest absolute Gasteiger partial charge is 0.465 e. The Hall–Kier alpha value is -2.76. The fourth-order valence-electron chi connectivity index (χ4n) is 2.42. The summed E-state index contributed by atoms with van der Waals surface area (Å²) in [6.45, 7) is 2.14. The Labute approximate surface area is 127 Å². The van der Waals surface area contributed by atoms with Crippen LogP contribution < -0.4 is 0 Å². The van der Waals surface area contributed by atoms with E-state index in [9.17, 15) is 4.79 Å². The lowest BCUT2D eigenvalue weighted by Gasteiger charge is -2.16. The van der Waals surface area contributed by atoms with Gasteiger partial charge >= 0.3 is 5.97 Å². The van der Waals surface area contributed by atoms with Crippen LogP contribution in [-0.2, 0) is 16.0 Å². The fourth-order valence-corrected chi connectivity index (χ4v) is 2.42. The van der Waals surface area contributed by atoms with Crippen LogP contribution >= 0.6 is 0 Å². The van der Waals surface area contributed by atoms with Crippen molar-refractivity contribution in [3.63, 3.8) is 0 Å². The Bertz CT molecular complexity index is 770. The zero-order chi connectivity index (χ0) is 15.4. The van der Waals surface area contributed by atoms with Crippen molar-refractivity contribution in [2.45, 2.75) is 19.3 Å². The van der Waals surface area contributed by atoms with Gasteiger partial charge in [0.2, 0.25) is 0 Å². The molecule has 0 saturated carbocycles. The molecule has 3 aromatic rings. The molecule has 6 heteroatoms. The Morgan fingerprint density at radius 1 is 1.23 bits per heavy atom. The van der Waals surface area contributed by atoms with E-state index in [-0.39, 0.29) is 5.97 Å². The Morgan fingerprint density at radius 3 is 2.82 bits per heavy atom. The molecule has 6 nitrogen and oxygen atoms in total. The second kappa shape index (κ2) is 6.34. The van der Waals surface area contributed by atoms with Gasteiger partial charge in [0.25, 0.3) is 5.78 Å². The van der Waals surface area contributed by atoms with Crippen LogP contribution in [0, 0.1) is 0 Å². The number of rotatable bonds is 5. The number of nitrogens with zero attached hydrogens (tertiary/aromatic N) is 4. The molecule has 0 saturated heterocycles. The van der Waals surface area contributed by atoms with Crippen LogP contribution in [0.4, 0.5) is 0 Å². The van der Waals surface area contributed by atoms with Crippen LogP contribution in [0.3, 0.4) is 0 Å². The zero-order valence-corrected chi connectivity index (χ0v) is 12.2. The second-order valence-corrected chi connectivity index (χ2v) is 4.84. The van der Waals surface area contributed by atoms with Crippen molar-refractivity contribution in [1.29, 1.82) is 0 Å². The minimum absolute atomic E-state index is 0.269. The molecule has 2 aromatic heterocycles. The highest BCUT2D eigenvalue weighted by molar-refractivity contribution is 5.78. The lowest BCUT2D eigenvalue weighted by Crippen LogP contribution is -2.21. The maximum atomic E-state index is 12.4. The average Bonchev–Trinajstić information content (AvgIpc) is 3.02. The Kier molecular flexibility index (Phi) is 4.09. The van der Waals surface area contributed by atoms with Crippen molar-refractivity contribution >= 4 is 11.7 Å². The predicted octanol–water partition coefficient (Wildman–Crippen LogP) is 2.01. The number of aromatic nitrogens is 4. The number of carbonyl (C=O) groups is 1. The van der Waals surface area contributed by atoms with Gasteiger partial charge in [0.1, 0.15) is 12.2 Å². The molecule has 1 aromatic carbocycles. The summed E-state index contributed by atoms with van der Waals surface area (Å²) in [5, 5.41) is 4.16. The van der Waals surface area contributed by atoms with E-state index in [1.165, 1.54) is 6.33 Å². The van der Waals surface area contributed by atoms with Crippen LogP contribution in [0.15, 0.2) is 48.9 Å². The van der Waals surface area contributed by atoms with Gasteiger partial charge in [0, 0.05) is 6.20 Å². The van der Waals surface area contributed by atoms with Gasteiger partial charge in [-0.1, -0.05) is 30.3 Å². The van der Waals surface area contributed by atoms with Gasteiger partial charge < -0.3 is 4.74 Å². The molecule has 0 unspecified atom stereocenters. The van der Waals surface area contributed by atoms with E-state index in [0.717, 1.165) is 11.3 Å². The normalized spacial score (nSPS) is 12.2. The van der Waals surface area contributed by atoms with Gasteiger partial charge in [0.05, 0.1) is 12.3 Å². The number of esters is 1. The van der Waals surface area contributed by atoms with E-state index in [4.69, 9.17) is 4.74 Å². The third kappa shape index (κ3) is 2.81. The summed E-state index contributed by atoms with van der Waals surface area (Å²) in [6, 6.07) is 11.6. The maximum absolute atomic E-state index is 12.4. The molecule has 0 aliphatic rings. The summed E-state index contributed by atoms with van der Waals surface area (Å²) in [7, 11) is 0. The lowest BCUT2D eigenvalue weighted by molar-refractivity contribution is -0.145. The molecule has 0 amide bonds. The Balaban J connectivity index is 2.01. The molecule has 22 heavy (non-hydrogen) atoms. The standard InChI is InChI=1S/C16H16N4O2/c1-2-22-15(21)13(10-12-6-4-3-5-7-12)14-8-9-17-16-18-11-19-20(14)16/h3-9,11,13H,2,10H2,1H3/t13-/m1/s1. The first kappa shape index (κ1) is 14.2. The highest BCUT2D eigenvalue weighted by atomic mass is 16.5. The summed E-state index contributed by atoms with van der Waals surface area (Å²) in [5.41, 5.74) is 1.79. The smallest absolute Gasteiger partial charge is 0.315 e. The van der Waals surface area contributed by atoms with E-state index >= 15 is 0 Å². The van der Waals surface area contributed by atoms with Crippen molar-refractivity contribution in [3.05, 3.63) is 60.2 Å². The van der Waals surface area contributed by atoms with E-state index in [1.54, 1.807) is 23.7 Å². The summed E-state index contributed by atoms with van der Waals surface area (Å²) < 4.78 is 6.82. The monoisotopic (exact) mass is 296 g/mol. The highest BCUT2D eigenvalue weighted by Gasteiger charge is 2.25. The van der Waals surface area contributed by atoms with E-state index in [2.05, 4.69) is 15.1 Å². The van der Waals surface area contributed by atoms with Crippen LogP contribution in [0.25, 0.3) is 5.78 Å². The van der Waals surface area contributed by atoms with Gasteiger partial charge in [-0.3, -0.25) is 4.79 Å². The van der Waals surface area contributed by atoms with E-state index in [1.807, 2.05) is 30.3 Å². The molecule has 0 fully saturated rings. The quantitative estimate of drug-likeness (QED) is 0.674. The molecule has 0 bridgehead atoms. The van der Waals surface area contributed by atoms with Crippen LogP contribution in [-0.4, -0.2) is 32.2 Å². The molecule has 2 heterocycles. The third-order valence-corrected chi connectivity index (χ3v) is 3.42. The van der Waals surface area contributed by atoms with Crippen molar-refractivity contribution in [1.82, 2.24) is 19.6 Å². The third-order valence-electron chi connectivity index (χ3n) is 3.42. The van der Waals surface area contributed by atoms with Gasteiger partial charge in [-0.2, -0.15) is 10.1 Å². The van der Waals surface area contributed by atoms with Crippen LogP contribution in [0.5, 0.6) is 0 Å². The van der Waals surface area contributed by atoms with Crippen LogP contribution in [0.1, 0.15) is 24.1 Å². The predicted molar refractivity (Wildman–Crippen MR) is 80.3 cm³/mol. The second-order valence-electron chi connectivity index (χ2n) is 4.84. The highest BCUT2D eigenvalue weighted by Crippen LogP contribution is 2.22. The molecule has 0 N–H and O–H groups in total. The topological polar surface area (TPSA) is 69.4 Å². The first-order valence-electron chi connectivity index (χ1n) is 7.14. The summed E-state index contributed by atoms with van der Waals surface area (Å²) in [5.74, 6) is -0.247. The SMILES string of the molecule is CCOC(=O)[C@H](Cc1ccccc1)c1ccnc2ncnn12. The summed E-state index contributed by atoms with van der Waals surface area (Å²) >= 11 is 0. The summed E-state index contributed by atoms with van der Waals surface area (Å²) in [6.07, 6.45) is 3.60. The zero-order valence-electron chi connectivity index (χ0n) is 12.2. The van der Waals surface area contributed by atoms with E-state index < -0.39 is 5.92 Å². The minimum atomic E-state index is -0.449. The molecular formula is C16H16N4O2. The molecule has 1 atom stereocenters. The molecular weight excluding hydrogens is 280 g/mol. The molecule has 0 spiro atoms. The number of ether oxygens (including phenoxy) is 1. The number of carbonyl (C=O) groups excluding carboxylic acids is 1. The van der Waals surface area contributed by atoms with Crippen molar-refractivity contribution in [2.75, 3.05) is 6.61 Å². The molecule has 0 radical (unpaired) electrons. The van der Waals surface area contributed by atoms with E-state index in [0.29, 0.717) is 18.8 Å². The van der Waals surface area contributed by atoms with Gasteiger partial charge in [-0.05, 0) is 25.0 Å². The number of hydrogen-bond donors (Lipinski definition) is 0. The first-order chi connectivity index (χ1) is 10.8. The van der Waals surface area contributed by atoms with Gasteiger partial charge in [-0.25, -0.2) is 9.50 Å². The summed E-state index contributed by atoms with van der Waals surface area (Å²) in [4.78, 5) is 20.6. The molecule has 0 aliphatic heterocycles. The Morgan fingerprint density at radius 2 is 2.05 bits per heavy atom. The van der Waals surface area contributed by atoms with Gasteiger partial charge in [-0.15, -0.1) is 0 Å². The number of benzene rings is 1. The average molecular weight is 296 g/mol.